The van der Waals surface area contributed by atoms with Crippen molar-refractivity contribution < 1.29 is 9.47 Å². The van der Waals surface area contributed by atoms with Crippen molar-refractivity contribution in [2.24, 2.45) is 0 Å². The van der Waals surface area contributed by atoms with E-state index in [1.165, 1.54) is 25.8 Å². The van der Waals surface area contributed by atoms with E-state index in [1.54, 1.807) is 7.11 Å². The van der Waals surface area contributed by atoms with Gasteiger partial charge in [0.25, 0.3) is 0 Å². The minimum Gasteiger partial charge on any atom is -0.497 e. The van der Waals surface area contributed by atoms with Crippen LogP contribution in [0.4, 0.5) is 0 Å². The van der Waals surface area contributed by atoms with Crippen molar-refractivity contribution in [1.82, 2.24) is 10.2 Å². The first-order valence-electron chi connectivity index (χ1n) is 8.04. The summed E-state index contributed by atoms with van der Waals surface area (Å²) >= 11 is 0. The van der Waals surface area contributed by atoms with Gasteiger partial charge in [0, 0.05) is 19.1 Å². The normalized spacial score (nSPS) is 18.7. The molecule has 0 saturated carbocycles. The molecule has 0 amide bonds. The van der Waals surface area contributed by atoms with E-state index in [9.17, 15) is 0 Å². The number of piperidine rings is 1. The van der Waals surface area contributed by atoms with E-state index < -0.39 is 0 Å². The van der Waals surface area contributed by atoms with Crippen LogP contribution in [0, 0.1) is 0 Å². The van der Waals surface area contributed by atoms with Gasteiger partial charge in [-0.1, -0.05) is 13.3 Å². The van der Waals surface area contributed by atoms with Crippen molar-refractivity contribution in [3.8, 4) is 11.5 Å². The van der Waals surface area contributed by atoms with Gasteiger partial charge >= 0.3 is 0 Å². The smallest absolute Gasteiger partial charge is 0.119 e. The fourth-order valence-electron chi connectivity index (χ4n) is 2.73. The molecule has 118 valence electrons. The maximum absolute atomic E-state index is 5.81. The third kappa shape index (κ3) is 5.56. The van der Waals surface area contributed by atoms with Crippen LogP contribution in [0.1, 0.15) is 26.2 Å². The van der Waals surface area contributed by atoms with E-state index in [1.807, 2.05) is 24.3 Å². The Morgan fingerprint density at radius 3 is 2.57 bits per heavy atom. The van der Waals surface area contributed by atoms with Crippen molar-refractivity contribution in [1.29, 1.82) is 0 Å². The van der Waals surface area contributed by atoms with Crippen molar-refractivity contribution in [3.05, 3.63) is 24.3 Å². The van der Waals surface area contributed by atoms with Crippen LogP contribution < -0.4 is 14.8 Å². The van der Waals surface area contributed by atoms with Crippen LogP contribution in [0.5, 0.6) is 11.5 Å². The van der Waals surface area contributed by atoms with Gasteiger partial charge in [-0.15, -0.1) is 0 Å². The number of likely N-dealkylation sites (N-methyl/N-ethyl adjacent to an activating group) is 1. The molecule has 1 aliphatic heterocycles. The minimum absolute atomic E-state index is 0.652. The lowest BCUT2D eigenvalue weighted by Gasteiger charge is -2.29. The summed E-state index contributed by atoms with van der Waals surface area (Å²) in [7, 11) is 1.67. The van der Waals surface area contributed by atoms with E-state index in [-0.39, 0.29) is 0 Å². The molecule has 1 aliphatic rings. The lowest BCUT2D eigenvalue weighted by molar-refractivity contribution is 0.190. The van der Waals surface area contributed by atoms with Gasteiger partial charge in [0.1, 0.15) is 18.1 Å². The molecule has 21 heavy (non-hydrogen) atoms. The summed E-state index contributed by atoms with van der Waals surface area (Å²) in [6, 6.07) is 8.42. The first-order chi connectivity index (χ1) is 10.3. The zero-order valence-electron chi connectivity index (χ0n) is 13.3. The van der Waals surface area contributed by atoms with Crippen molar-refractivity contribution in [3.63, 3.8) is 0 Å². The molecule has 4 heteroatoms. The fraction of sp³-hybridized carbons (Fsp3) is 0.647. The summed E-state index contributed by atoms with van der Waals surface area (Å²) in [5.74, 6) is 1.77. The van der Waals surface area contributed by atoms with Gasteiger partial charge in [-0.3, -0.25) is 4.90 Å². The van der Waals surface area contributed by atoms with Gasteiger partial charge in [0.15, 0.2) is 0 Å². The summed E-state index contributed by atoms with van der Waals surface area (Å²) in [5, 5.41) is 3.61. The predicted molar refractivity (Wildman–Crippen MR) is 86.2 cm³/mol. The largest absolute Gasteiger partial charge is 0.497 e. The standard InChI is InChI=1S/C17H28N2O2/c1-3-19(14-15-6-4-5-11-18-15)12-13-21-17-9-7-16(20-2)8-10-17/h7-10,15,18H,3-6,11-14H2,1-2H3. The molecule has 0 bridgehead atoms. The molecule has 1 atom stereocenters. The molecule has 0 aliphatic carbocycles. The number of ether oxygens (including phenoxy) is 2. The zero-order valence-corrected chi connectivity index (χ0v) is 13.3. The molecule has 1 saturated heterocycles. The molecule has 1 aromatic carbocycles. The summed E-state index contributed by atoms with van der Waals surface area (Å²) in [5.41, 5.74) is 0. The van der Waals surface area contributed by atoms with Gasteiger partial charge in [0.05, 0.1) is 7.11 Å². The fourth-order valence-corrected chi connectivity index (χ4v) is 2.73. The average Bonchev–Trinajstić information content (AvgIpc) is 2.55. The SMILES string of the molecule is CCN(CCOc1ccc(OC)cc1)CC1CCCCN1. The molecular weight excluding hydrogens is 264 g/mol. The first-order valence-corrected chi connectivity index (χ1v) is 8.04. The number of nitrogens with zero attached hydrogens (tertiary/aromatic N) is 1. The molecule has 4 nitrogen and oxygen atoms in total. The Kier molecular flexibility index (Phi) is 6.83. The highest BCUT2D eigenvalue weighted by atomic mass is 16.5. The molecule has 0 radical (unpaired) electrons. The average molecular weight is 292 g/mol. The Balaban J connectivity index is 1.69. The van der Waals surface area contributed by atoms with E-state index >= 15 is 0 Å². The molecule has 1 aromatic rings. The van der Waals surface area contributed by atoms with E-state index in [2.05, 4.69) is 17.1 Å². The number of rotatable bonds is 8. The summed E-state index contributed by atoms with van der Waals surface area (Å²) in [4.78, 5) is 2.46. The highest BCUT2D eigenvalue weighted by Gasteiger charge is 2.15. The van der Waals surface area contributed by atoms with Crippen molar-refractivity contribution in [2.45, 2.75) is 32.2 Å². The van der Waals surface area contributed by atoms with Gasteiger partial charge in [-0.05, 0) is 50.2 Å². The molecular formula is C17H28N2O2. The number of benzene rings is 1. The molecule has 1 N–H and O–H groups in total. The highest BCUT2D eigenvalue weighted by Crippen LogP contribution is 2.17. The Labute approximate surface area is 128 Å². The second kappa shape index (κ2) is 8.90. The van der Waals surface area contributed by atoms with Crippen LogP contribution in [-0.2, 0) is 0 Å². The molecule has 0 aromatic heterocycles. The van der Waals surface area contributed by atoms with E-state index in [0.717, 1.165) is 37.7 Å². The number of hydrogen-bond donors (Lipinski definition) is 1. The topological polar surface area (TPSA) is 33.7 Å². The van der Waals surface area contributed by atoms with E-state index in [4.69, 9.17) is 9.47 Å². The zero-order chi connectivity index (χ0) is 14.9. The quantitative estimate of drug-likeness (QED) is 0.798. The second-order valence-electron chi connectivity index (χ2n) is 5.56. The molecule has 1 fully saturated rings. The summed E-state index contributed by atoms with van der Waals surface area (Å²) < 4.78 is 11.0. The van der Waals surface area contributed by atoms with Gasteiger partial charge < -0.3 is 14.8 Å². The number of methoxy groups -OCH3 is 1. The first kappa shape index (κ1) is 16.1. The maximum Gasteiger partial charge on any atom is 0.119 e. The predicted octanol–water partition coefficient (Wildman–Crippen LogP) is 2.54. The summed E-state index contributed by atoms with van der Waals surface area (Å²) in [6.07, 6.45) is 3.98. The monoisotopic (exact) mass is 292 g/mol. The minimum atomic E-state index is 0.652. The Morgan fingerprint density at radius 1 is 1.19 bits per heavy atom. The third-order valence-electron chi connectivity index (χ3n) is 4.07. The molecule has 2 rings (SSSR count). The van der Waals surface area contributed by atoms with Crippen LogP contribution in [-0.4, -0.2) is 50.8 Å². The van der Waals surface area contributed by atoms with E-state index in [0.29, 0.717) is 6.04 Å². The maximum atomic E-state index is 5.81. The Bertz CT molecular complexity index is 388. The Morgan fingerprint density at radius 2 is 1.95 bits per heavy atom. The second-order valence-corrected chi connectivity index (χ2v) is 5.56. The third-order valence-corrected chi connectivity index (χ3v) is 4.07. The van der Waals surface area contributed by atoms with Crippen molar-refractivity contribution >= 4 is 0 Å². The van der Waals surface area contributed by atoms with Gasteiger partial charge in [0.2, 0.25) is 0 Å². The lowest BCUT2D eigenvalue weighted by Crippen LogP contribution is -2.44. The van der Waals surface area contributed by atoms with Crippen LogP contribution in [0.2, 0.25) is 0 Å². The Hall–Kier alpha value is -1.26. The van der Waals surface area contributed by atoms with Gasteiger partial charge in [-0.2, -0.15) is 0 Å². The van der Waals surface area contributed by atoms with Crippen LogP contribution in [0.3, 0.4) is 0 Å². The van der Waals surface area contributed by atoms with Gasteiger partial charge in [-0.25, -0.2) is 0 Å². The number of hydrogen-bond acceptors (Lipinski definition) is 4. The van der Waals surface area contributed by atoms with Crippen LogP contribution >= 0.6 is 0 Å². The number of nitrogens with one attached hydrogen (secondary N) is 1. The lowest BCUT2D eigenvalue weighted by atomic mass is 10.0. The molecule has 1 unspecified atom stereocenters. The van der Waals surface area contributed by atoms with Crippen molar-refractivity contribution in [2.75, 3.05) is 39.9 Å². The molecule has 1 heterocycles. The highest BCUT2D eigenvalue weighted by molar-refractivity contribution is 5.31. The summed E-state index contributed by atoms with van der Waals surface area (Å²) in [6.45, 7) is 7.29. The van der Waals surface area contributed by atoms with Crippen LogP contribution in [0.25, 0.3) is 0 Å². The van der Waals surface area contributed by atoms with Crippen LogP contribution in [0.15, 0.2) is 24.3 Å². The molecule has 0 spiro atoms.